The summed E-state index contributed by atoms with van der Waals surface area (Å²) in [6, 6.07) is 14.7. The Balaban J connectivity index is 1.41. The third-order valence-corrected chi connectivity index (χ3v) is 4.80. The number of hydrogen-bond acceptors (Lipinski definition) is 6. The number of carbonyl (C=O) groups is 2. The van der Waals surface area contributed by atoms with Crippen LogP contribution in [0.1, 0.15) is 5.56 Å². The maximum Gasteiger partial charge on any atom is 0.316 e. The van der Waals surface area contributed by atoms with Crippen LogP contribution in [-0.2, 0) is 20.9 Å². The second-order valence-electron chi connectivity index (χ2n) is 5.51. The van der Waals surface area contributed by atoms with Gasteiger partial charge in [0.25, 0.3) is 5.91 Å². The zero-order valence-corrected chi connectivity index (χ0v) is 15.8. The molecule has 1 heterocycles. The van der Waals surface area contributed by atoms with E-state index >= 15 is 0 Å². The second-order valence-corrected chi connectivity index (χ2v) is 6.92. The van der Waals surface area contributed by atoms with Crippen molar-refractivity contribution < 1.29 is 14.3 Å². The van der Waals surface area contributed by atoms with E-state index in [1.54, 1.807) is 12.3 Å². The van der Waals surface area contributed by atoms with Crippen LogP contribution in [0.5, 0.6) is 0 Å². The molecule has 0 aliphatic rings. The van der Waals surface area contributed by atoms with E-state index in [9.17, 15) is 9.59 Å². The molecule has 0 atom stereocenters. The summed E-state index contributed by atoms with van der Waals surface area (Å²) >= 11 is 7.23. The third kappa shape index (κ3) is 5.67. The quantitative estimate of drug-likeness (QED) is 0.483. The SMILES string of the molecule is O=C(COC(=O)CSc1cnc2ccccc2n1)NCc1ccccc1Cl. The molecule has 0 saturated heterocycles. The smallest absolute Gasteiger partial charge is 0.316 e. The van der Waals surface area contributed by atoms with E-state index < -0.39 is 11.9 Å². The molecule has 3 rings (SSSR count). The molecule has 1 amide bonds. The summed E-state index contributed by atoms with van der Waals surface area (Å²) in [5, 5.41) is 3.85. The molecule has 0 bridgehead atoms. The van der Waals surface area contributed by atoms with Gasteiger partial charge in [-0.05, 0) is 23.8 Å². The Hall–Kier alpha value is -2.64. The standard InChI is InChI=1S/C19H16ClN3O3S/c20-14-6-2-1-5-13(14)9-22-17(24)11-26-19(25)12-27-18-10-21-15-7-3-4-8-16(15)23-18/h1-8,10H,9,11-12H2,(H,22,24). The van der Waals surface area contributed by atoms with Gasteiger partial charge in [-0.1, -0.05) is 53.7 Å². The Morgan fingerprint density at radius 1 is 1.07 bits per heavy atom. The number of amides is 1. The first kappa shape index (κ1) is 19.1. The predicted octanol–water partition coefficient (Wildman–Crippen LogP) is 3.23. The molecule has 0 radical (unpaired) electrons. The summed E-state index contributed by atoms with van der Waals surface area (Å²) in [4.78, 5) is 32.3. The highest BCUT2D eigenvalue weighted by molar-refractivity contribution is 7.99. The van der Waals surface area contributed by atoms with E-state index in [-0.39, 0.29) is 18.9 Å². The lowest BCUT2D eigenvalue weighted by Gasteiger charge is -2.08. The van der Waals surface area contributed by atoms with E-state index in [1.165, 1.54) is 11.8 Å². The van der Waals surface area contributed by atoms with Crippen LogP contribution in [0.4, 0.5) is 0 Å². The minimum atomic E-state index is -0.497. The van der Waals surface area contributed by atoms with E-state index in [2.05, 4.69) is 15.3 Å². The molecule has 0 spiro atoms. The third-order valence-electron chi connectivity index (χ3n) is 3.56. The molecule has 0 saturated carbocycles. The number of para-hydroxylation sites is 2. The van der Waals surface area contributed by atoms with Gasteiger partial charge < -0.3 is 10.1 Å². The van der Waals surface area contributed by atoms with Gasteiger partial charge >= 0.3 is 5.97 Å². The van der Waals surface area contributed by atoms with Crippen molar-refractivity contribution >= 4 is 46.3 Å². The van der Waals surface area contributed by atoms with Crippen LogP contribution in [0.25, 0.3) is 11.0 Å². The summed E-state index contributed by atoms with van der Waals surface area (Å²) in [6.45, 7) is -0.0648. The zero-order chi connectivity index (χ0) is 19.1. The topological polar surface area (TPSA) is 81.2 Å². The monoisotopic (exact) mass is 401 g/mol. The van der Waals surface area contributed by atoms with Crippen LogP contribution in [0, 0.1) is 0 Å². The number of thioether (sulfide) groups is 1. The number of carbonyl (C=O) groups excluding carboxylic acids is 2. The fourth-order valence-electron chi connectivity index (χ4n) is 2.22. The highest BCUT2D eigenvalue weighted by Crippen LogP contribution is 2.18. The molecule has 1 aromatic heterocycles. The molecule has 3 aromatic rings. The molecule has 0 unspecified atom stereocenters. The largest absolute Gasteiger partial charge is 0.455 e. The summed E-state index contributed by atoms with van der Waals surface area (Å²) < 4.78 is 4.98. The van der Waals surface area contributed by atoms with E-state index in [1.807, 2.05) is 42.5 Å². The molecule has 2 aromatic carbocycles. The number of fused-ring (bicyclic) bond motifs is 1. The Kier molecular flexibility index (Phi) is 6.62. The van der Waals surface area contributed by atoms with Gasteiger partial charge in [-0.2, -0.15) is 0 Å². The molecular formula is C19H16ClN3O3S. The first-order valence-corrected chi connectivity index (χ1v) is 9.48. The number of halogens is 1. The van der Waals surface area contributed by atoms with Crippen molar-refractivity contribution in [1.82, 2.24) is 15.3 Å². The van der Waals surface area contributed by atoms with E-state index in [0.717, 1.165) is 16.6 Å². The second kappa shape index (κ2) is 9.34. The first-order chi connectivity index (χ1) is 13.1. The highest BCUT2D eigenvalue weighted by Gasteiger charge is 2.10. The summed E-state index contributed by atoms with van der Waals surface area (Å²) in [7, 11) is 0. The highest BCUT2D eigenvalue weighted by atomic mass is 35.5. The number of hydrogen-bond donors (Lipinski definition) is 1. The Bertz CT molecular complexity index is 968. The van der Waals surface area contributed by atoms with Crippen molar-refractivity contribution in [1.29, 1.82) is 0 Å². The van der Waals surface area contributed by atoms with Crippen LogP contribution in [0.3, 0.4) is 0 Å². The van der Waals surface area contributed by atoms with Gasteiger partial charge in [-0.15, -0.1) is 0 Å². The lowest BCUT2D eigenvalue weighted by Crippen LogP contribution is -2.28. The summed E-state index contributed by atoms with van der Waals surface area (Å²) in [5.74, 6) is -0.841. The van der Waals surface area contributed by atoms with Crippen LogP contribution in [0.15, 0.2) is 59.8 Å². The molecular weight excluding hydrogens is 386 g/mol. The molecule has 0 aliphatic carbocycles. The van der Waals surface area contributed by atoms with Gasteiger partial charge in [-0.3, -0.25) is 14.6 Å². The van der Waals surface area contributed by atoms with Gasteiger partial charge in [0.15, 0.2) is 6.61 Å². The number of ether oxygens (including phenoxy) is 1. The van der Waals surface area contributed by atoms with Crippen molar-refractivity contribution in [3.63, 3.8) is 0 Å². The Morgan fingerprint density at radius 2 is 1.81 bits per heavy atom. The molecule has 138 valence electrons. The molecule has 1 N–H and O–H groups in total. The average Bonchev–Trinajstić information content (AvgIpc) is 2.70. The first-order valence-electron chi connectivity index (χ1n) is 8.12. The maximum absolute atomic E-state index is 11.8. The molecule has 6 nitrogen and oxygen atoms in total. The van der Waals surface area contributed by atoms with Crippen molar-refractivity contribution in [2.24, 2.45) is 0 Å². The van der Waals surface area contributed by atoms with Crippen molar-refractivity contribution in [3.05, 3.63) is 65.3 Å². The Labute approximate surface area is 165 Å². The number of aromatic nitrogens is 2. The lowest BCUT2D eigenvalue weighted by atomic mass is 10.2. The van der Waals surface area contributed by atoms with Crippen molar-refractivity contribution in [3.8, 4) is 0 Å². The maximum atomic E-state index is 11.8. The number of esters is 1. The summed E-state index contributed by atoms with van der Waals surface area (Å²) in [6.07, 6.45) is 1.61. The van der Waals surface area contributed by atoms with E-state index in [0.29, 0.717) is 10.0 Å². The number of nitrogens with zero attached hydrogens (tertiary/aromatic N) is 2. The number of rotatable bonds is 7. The van der Waals surface area contributed by atoms with Gasteiger partial charge in [0.1, 0.15) is 5.03 Å². The fourth-order valence-corrected chi connectivity index (χ4v) is 3.06. The Morgan fingerprint density at radius 3 is 2.63 bits per heavy atom. The molecule has 0 aliphatic heterocycles. The van der Waals surface area contributed by atoms with Gasteiger partial charge in [0.2, 0.25) is 0 Å². The van der Waals surface area contributed by atoms with Crippen LogP contribution >= 0.6 is 23.4 Å². The summed E-state index contributed by atoms with van der Waals surface area (Å²) in [5.41, 5.74) is 2.35. The van der Waals surface area contributed by atoms with Gasteiger partial charge in [-0.25, -0.2) is 4.98 Å². The van der Waals surface area contributed by atoms with Gasteiger partial charge in [0, 0.05) is 11.6 Å². The minimum Gasteiger partial charge on any atom is -0.455 e. The van der Waals surface area contributed by atoms with Crippen molar-refractivity contribution in [2.75, 3.05) is 12.4 Å². The lowest BCUT2D eigenvalue weighted by molar-refractivity contribution is -0.145. The van der Waals surface area contributed by atoms with Crippen molar-refractivity contribution in [2.45, 2.75) is 11.6 Å². The predicted molar refractivity (Wildman–Crippen MR) is 105 cm³/mol. The van der Waals surface area contributed by atoms with Gasteiger partial charge in [0.05, 0.1) is 23.0 Å². The minimum absolute atomic E-state index is 0.0464. The average molecular weight is 402 g/mol. The normalized spacial score (nSPS) is 10.6. The van der Waals surface area contributed by atoms with E-state index in [4.69, 9.17) is 16.3 Å². The van der Waals surface area contributed by atoms with Crippen LogP contribution in [0.2, 0.25) is 5.02 Å². The zero-order valence-electron chi connectivity index (χ0n) is 14.2. The molecule has 0 fully saturated rings. The molecule has 8 heteroatoms. The molecule has 27 heavy (non-hydrogen) atoms. The number of benzene rings is 2. The fraction of sp³-hybridized carbons (Fsp3) is 0.158. The number of nitrogens with one attached hydrogen (secondary N) is 1. The van der Waals surface area contributed by atoms with Crippen LogP contribution < -0.4 is 5.32 Å². The van der Waals surface area contributed by atoms with Crippen LogP contribution in [-0.4, -0.2) is 34.2 Å².